The molecule has 0 unspecified atom stereocenters. The minimum absolute atomic E-state index is 0.0972. The third-order valence-electron chi connectivity index (χ3n) is 3.68. The van der Waals surface area contributed by atoms with Gasteiger partial charge in [-0.05, 0) is 19.1 Å². The molecule has 0 spiro atoms. The molecule has 1 aromatic heterocycles. The Morgan fingerprint density at radius 1 is 1.12 bits per heavy atom. The number of carbonyl (C=O) groups excluding carboxylic acids is 2. The first-order chi connectivity index (χ1) is 11.7. The Bertz CT molecular complexity index is 852. The van der Waals surface area contributed by atoms with Crippen LogP contribution in [0.4, 0.5) is 5.82 Å². The van der Waals surface area contributed by atoms with Crippen LogP contribution in [0.25, 0.3) is 5.69 Å². The van der Waals surface area contributed by atoms with Gasteiger partial charge in [0.25, 0.3) is 0 Å². The number of benzene rings is 2. The van der Waals surface area contributed by atoms with E-state index in [1.807, 2.05) is 49.4 Å². The Balaban J connectivity index is 2.09. The van der Waals surface area contributed by atoms with E-state index in [0.717, 1.165) is 17.5 Å². The Kier molecular flexibility index (Phi) is 4.52. The van der Waals surface area contributed by atoms with Crippen molar-refractivity contribution in [2.75, 3.05) is 11.9 Å². The quantitative estimate of drug-likeness (QED) is 0.560. The monoisotopic (exact) mass is 319 g/mol. The van der Waals surface area contributed by atoms with Gasteiger partial charge in [0.1, 0.15) is 18.3 Å². The topological polar surface area (TPSA) is 64.0 Å². The molecule has 0 aliphatic heterocycles. The van der Waals surface area contributed by atoms with Gasteiger partial charge in [-0.3, -0.25) is 9.36 Å². The Hall–Kier alpha value is -3.21. The van der Waals surface area contributed by atoms with Gasteiger partial charge in [0.15, 0.2) is 5.82 Å². The second kappa shape index (κ2) is 6.91. The zero-order valence-corrected chi connectivity index (χ0v) is 13.3. The van der Waals surface area contributed by atoms with Crippen LogP contribution in [-0.2, 0) is 4.79 Å². The third-order valence-corrected chi connectivity index (χ3v) is 3.68. The predicted octanol–water partition coefficient (Wildman–Crippen LogP) is 3.02. The van der Waals surface area contributed by atoms with E-state index < -0.39 is 0 Å². The molecular weight excluding hydrogens is 302 g/mol. The van der Waals surface area contributed by atoms with Crippen LogP contribution >= 0.6 is 0 Å². The number of rotatable bonds is 6. The highest BCUT2D eigenvalue weighted by molar-refractivity contribution is 6.11. The van der Waals surface area contributed by atoms with Crippen molar-refractivity contribution in [3.63, 3.8) is 0 Å². The van der Waals surface area contributed by atoms with E-state index in [2.05, 4.69) is 10.3 Å². The maximum Gasteiger partial charge on any atom is 0.213 e. The summed E-state index contributed by atoms with van der Waals surface area (Å²) in [7, 11) is 0. The van der Waals surface area contributed by atoms with Gasteiger partial charge >= 0.3 is 0 Å². The van der Waals surface area contributed by atoms with E-state index in [0.29, 0.717) is 17.1 Å². The highest BCUT2D eigenvalue weighted by Crippen LogP contribution is 2.22. The zero-order valence-electron chi connectivity index (χ0n) is 13.3. The van der Waals surface area contributed by atoms with E-state index in [1.54, 1.807) is 23.0 Å². The van der Waals surface area contributed by atoms with Crippen LogP contribution in [0.5, 0.6) is 0 Å². The van der Waals surface area contributed by atoms with Crippen LogP contribution in [0.3, 0.4) is 0 Å². The molecular formula is C19H17N3O2. The summed E-state index contributed by atoms with van der Waals surface area (Å²) >= 11 is 0. The molecule has 0 amide bonds. The molecule has 0 aliphatic carbocycles. The summed E-state index contributed by atoms with van der Waals surface area (Å²) in [5.41, 5.74) is 2.95. The summed E-state index contributed by atoms with van der Waals surface area (Å²) in [6.07, 6.45) is 2.33. The molecule has 5 heteroatoms. The number of hydrogen-bond acceptors (Lipinski definition) is 4. The summed E-state index contributed by atoms with van der Waals surface area (Å²) in [4.78, 5) is 27.9. The van der Waals surface area contributed by atoms with E-state index in [4.69, 9.17) is 0 Å². The van der Waals surface area contributed by atoms with Crippen molar-refractivity contribution < 1.29 is 9.59 Å². The number of hydrogen-bond donors (Lipinski definition) is 1. The molecule has 0 saturated carbocycles. The molecule has 1 N–H and O–H groups in total. The van der Waals surface area contributed by atoms with Crippen LogP contribution in [0.2, 0.25) is 0 Å². The van der Waals surface area contributed by atoms with Crippen molar-refractivity contribution in [3.8, 4) is 5.69 Å². The second-order valence-electron chi connectivity index (χ2n) is 5.39. The molecule has 0 saturated heterocycles. The van der Waals surface area contributed by atoms with Crippen LogP contribution in [0.1, 0.15) is 21.6 Å². The van der Waals surface area contributed by atoms with Crippen LogP contribution < -0.4 is 5.32 Å². The standard InChI is InChI=1S/C19H17N3O2/c1-14-7-9-16(10-8-14)22-13-21-19(20-11-12-23)17(22)18(24)15-5-3-2-4-6-15/h2-10,12-13,20H,11H2,1H3. The maximum absolute atomic E-state index is 13.0. The van der Waals surface area contributed by atoms with Crippen molar-refractivity contribution in [2.24, 2.45) is 0 Å². The molecule has 24 heavy (non-hydrogen) atoms. The Morgan fingerprint density at radius 2 is 1.83 bits per heavy atom. The lowest BCUT2D eigenvalue weighted by atomic mass is 10.1. The smallest absolute Gasteiger partial charge is 0.213 e. The Morgan fingerprint density at radius 3 is 2.50 bits per heavy atom. The molecule has 2 aromatic carbocycles. The normalized spacial score (nSPS) is 10.4. The van der Waals surface area contributed by atoms with Gasteiger partial charge in [-0.25, -0.2) is 4.98 Å². The average molecular weight is 319 g/mol. The van der Waals surface area contributed by atoms with Crippen molar-refractivity contribution in [1.82, 2.24) is 9.55 Å². The fraction of sp³-hybridized carbons (Fsp3) is 0.105. The number of imidazole rings is 1. The molecule has 0 fully saturated rings. The maximum atomic E-state index is 13.0. The summed E-state index contributed by atoms with van der Waals surface area (Å²) in [6, 6.07) is 16.8. The van der Waals surface area contributed by atoms with Crippen LogP contribution in [0, 0.1) is 6.92 Å². The fourth-order valence-corrected chi connectivity index (χ4v) is 2.46. The zero-order chi connectivity index (χ0) is 16.9. The lowest BCUT2D eigenvalue weighted by Gasteiger charge is -2.10. The molecule has 0 atom stereocenters. The summed E-state index contributed by atoms with van der Waals surface area (Å²) in [5, 5.41) is 2.89. The van der Waals surface area contributed by atoms with Crippen molar-refractivity contribution in [1.29, 1.82) is 0 Å². The van der Waals surface area contributed by atoms with Crippen molar-refractivity contribution >= 4 is 17.9 Å². The number of carbonyl (C=O) groups is 2. The SMILES string of the molecule is Cc1ccc(-n2cnc(NCC=O)c2C(=O)c2ccccc2)cc1. The second-order valence-corrected chi connectivity index (χ2v) is 5.39. The van der Waals surface area contributed by atoms with Gasteiger partial charge in [-0.15, -0.1) is 0 Å². The van der Waals surface area contributed by atoms with Gasteiger partial charge in [-0.2, -0.15) is 0 Å². The highest BCUT2D eigenvalue weighted by Gasteiger charge is 2.21. The highest BCUT2D eigenvalue weighted by atomic mass is 16.1. The number of nitrogens with one attached hydrogen (secondary N) is 1. The number of aldehydes is 1. The molecule has 5 nitrogen and oxygen atoms in total. The van der Waals surface area contributed by atoms with Crippen LogP contribution in [-0.4, -0.2) is 28.2 Å². The van der Waals surface area contributed by atoms with Gasteiger partial charge < -0.3 is 10.1 Å². The fourth-order valence-electron chi connectivity index (χ4n) is 2.46. The summed E-state index contributed by atoms with van der Waals surface area (Å²) in [6.45, 7) is 2.10. The van der Waals surface area contributed by atoms with Crippen molar-refractivity contribution in [3.05, 3.63) is 77.7 Å². The van der Waals surface area contributed by atoms with Gasteiger partial charge in [0.2, 0.25) is 5.78 Å². The minimum atomic E-state index is -0.151. The lowest BCUT2D eigenvalue weighted by Crippen LogP contribution is -2.13. The largest absolute Gasteiger partial charge is 0.361 e. The molecule has 3 rings (SSSR count). The van der Waals surface area contributed by atoms with E-state index >= 15 is 0 Å². The first kappa shape index (κ1) is 15.7. The summed E-state index contributed by atoms with van der Waals surface area (Å²) < 4.78 is 1.74. The number of anilines is 1. The van der Waals surface area contributed by atoms with Crippen LogP contribution in [0.15, 0.2) is 60.9 Å². The lowest BCUT2D eigenvalue weighted by molar-refractivity contribution is -0.106. The van der Waals surface area contributed by atoms with Gasteiger partial charge in [0, 0.05) is 11.3 Å². The first-order valence-electron chi connectivity index (χ1n) is 7.62. The van der Waals surface area contributed by atoms with Crippen molar-refractivity contribution in [2.45, 2.75) is 6.92 Å². The number of nitrogens with zero attached hydrogens (tertiary/aromatic N) is 2. The van der Waals surface area contributed by atoms with E-state index in [9.17, 15) is 9.59 Å². The first-order valence-corrected chi connectivity index (χ1v) is 7.62. The Labute approximate surface area is 140 Å². The van der Waals surface area contributed by atoms with Gasteiger partial charge in [-0.1, -0.05) is 48.0 Å². The molecule has 0 bridgehead atoms. The minimum Gasteiger partial charge on any atom is -0.361 e. The molecule has 0 radical (unpaired) electrons. The molecule has 3 aromatic rings. The molecule has 1 heterocycles. The number of ketones is 1. The predicted molar refractivity (Wildman–Crippen MR) is 92.7 cm³/mol. The average Bonchev–Trinajstić information content (AvgIpc) is 3.04. The van der Waals surface area contributed by atoms with Gasteiger partial charge in [0.05, 0.1) is 6.54 Å². The number of aryl methyl sites for hydroxylation is 1. The molecule has 0 aliphatic rings. The number of aromatic nitrogens is 2. The van der Waals surface area contributed by atoms with E-state index in [1.165, 1.54) is 0 Å². The molecule has 120 valence electrons. The van der Waals surface area contributed by atoms with E-state index in [-0.39, 0.29) is 12.3 Å². The summed E-state index contributed by atoms with van der Waals surface area (Å²) in [5.74, 6) is 0.249. The third kappa shape index (κ3) is 3.10.